The predicted octanol–water partition coefficient (Wildman–Crippen LogP) is 3.33. The Kier molecular flexibility index (Phi) is 3.25. The van der Waals surface area contributed by atoms with Gasteiger partial charge in [0.25, 0.3) is 0 Å². The molecule has 0 N–H and O–H groups in total. The lowest BCUT2D eigenvalue weighted by molar-refractivity contribution is 1.45. The molecule has 13 heavy (non-hydrogen) atoms. The number of thiophene rings is 1. The molecule has 0 amide bonds. The highest BCUT2D eigenvalue weighted by molar-refractivity contribution is 9.10. The van der Waals surface area contributed by atoms with Crippen LogP contribution in [-0.2, 0) is 0 Å². The first-order chi connectivity index (χ1) is 6.19. The van der Waals surface area contributed by atoms with Crippen molar-refractivity contribution in [1.82, 2.24) is 0 Å². The number of halogens is 1. The van der Waals surface area contributed by atoms with Gasteiger partial charge >= 0.3 is 0 Å². The molecule has 0 aliphatic rings. The first kappa shape index (κ1) is 9.98. The Morgan fingerprint density at radius 1 is 1.46 bits per heavy atom. The number of nitrogens with zero attached hydrogens (tertiary/aromatic N) is 2. The van der Waals surface area contributed by atoms with Gasteiger partial charge in [0, 0.05) is 14.7 Å². The van der Waals surface area contributed by atoms with Gasteiger partial charge in [-0.15, -0.1) is 11.3 Å². The average Bonchev–Trinajstić information content (AvgIpc) is 2.54. The van der Waals surface area contributed by atoms with Crippen LogP contribution in [-0.4, -0.2) is 0 Å². The molecule has 0 aliphatic heterocycles. The summed E-state index contributed by atoms with van der Waals surface area (Å²) >= 11 is 4.83. The Labute approximate surface area is 88.9 Å². The van der Waals surface area contributed by atoms with Crippen LogP contribution in [0.1, 0.15) is 11.8 Å². The molecule has 0 unspecified atom stereocenters. The monoisotopic (exact) mass is 252 g/mol. The van der Waals surface area contributed by atoms with Crippen molar-refractivity contribution in [3.63, 3.8) is 0 Å². The molecule has 0 saturated carbocycles. The normalized spacial score (nSPS) is 8.62. The summed E-state index contributed by atoms with van der Waals surface area (Å²) in [6, 6.07) is 5.64. The van der Waals surface area contributed by atoms with E-state index in [4.69, 9.17) is 10.5 Å². The molecule has 0 aromatic carbocycles. The lowest BCUT2D eigenvalue weighted by Gasteiger charge is -1.93. The first-order valence-electron chi connectivity index (χ1n) is 3.44. The minimum absolute atomic E-state index is 0.175. The number of hydrogen-bond acceptors (Lipinski definition) is 3. The maximum atomic E-state index is 8.63. The summed E-state index contributed by atoms with van der Waals surface area (Å²) in [7, 11) is 0. The van der Waals surface area contributed by atoms with Crippen LogP contribution >= 0.6 is 27.3 Å². The van der Waals surface area contributed by atoms with Gasteiger partial charge in [0.2, 0.25) is 0 Å². The third-order valence-electron chi connectivity index (χ3n) is 1.54. The van der Waals surface area contributed by atoms with E-state index in [2.05, 4.69) is 15.9 Å². The molecule has 64 valence electrons. The fourth-order valence-electron chi connectivity index (χ4n) is 0.826. The number of rotatable bonds is 1. The highest BCUT2D eigenvalue weighted by atomic mass is 79.9. The zero-order chi connectivity index (χ0) is 9.84. The third-order valence-corrected chi connectivity index (χ3v) is 3.35. The van der Waals surface area contributed by atoms with Crippen molar-refractivity contribution in [3.05, 3.63) is 26.4 Å². The van der Waals surface area contributed by atoms with Gasteiger partial charge in [-0.25, -0.2) is 0 Å². The smallest absolute Gasteiger partial charge is 0.133 e. The number of allylic oxidation sites excluding steroid dienone is 2. The van der Waals surface area contributed by atoms with Crippen LogP contribution in [0.4, 0.5) is 0 Å². The van der Waals surface area contributed by atoms with Crippen molar-refractivity contribution >= 4 is 32.8 Å². The summed E-state index contributed by atoms with van der Waals surface area (Å²) in [4.78, 5) is 0.949. The third kappa shape index (κ3) is 2.18. The molecule has 1 heterocycles. The molecule has 0 bridgehead atoms. The van der Waals surface area contributed by atoms with Crippen LogP contribution in [0.3, 0.4) is 0 Å². The Bertz CT molecular complexity index is 415. The van der Waals surface area contributed by atoms with E-state index < -0.39 is 0 Å². The van der Waals surface area contributed by atoms with Crippen LogP contribution in [0.5, 0.6) is 0 Å². The highest BCUT2D eigenvalue weighted by Crippen LogP contribution is 2.27. The van der Waals surface area contributed by atoms with Crippen molar-refractivity contribution in [2.45, 2.75) is 6.92 Å². The molecule has 1 rings (SSSR count). The fraction of sp³-hybridized carbons (Fsp3) is 0.111. The predicted molar refractivity (Wildman–Crippen MR) is 55.8 cm³/mol. The summed E-state index contributed by atoms with van der Waals surface area (Å²) in [5.74, 6) is 0. The average molecular weight is 253 g/mol. The molecule has 0 aliphatic carbocycles. The molecule has 1 aromatic rings. The zero-order valence-electron chi connectivity index (χ0n) is 6.84. The van der Waals surface area contributed by atoms with Crippen LogP contribution in [0.15, 0.2) is 21.5 Å². The summed E-state index contributed by atoms with van der Waals surface area (Å²) in [5, 5.41) is 19.2. The molecule has 0 spiro atoms. The quantitative estimate of drug-likeness (QED) is 0.720. The van der Waals surface area contributed by atoms with Gasteiger partial charge in [0.05, 0.1) is 0 Å². The van der Waals surface area contributed by atoms with Crippen LogP contribution < -0.4 is 0 Å². The van der Waals surface area contributed by atoms with Crippen molar-refractivity contribution in [2.24, 2.45) is 0 Å². The van der Waals surface area contributed by atoms with Crippen LogP contribution in [0.25, 0.3) is 5.57 Å². The van der Waals surface area contributed by atoms with E-state index in [0.29, 0.717) is 0 Å². The van der Waals surface area contributed by atoms with Crippen molar-refractivity contribution in [2.75, 3.05) is 0 Å². The highest BCUT2D eigenvalue weighted by Gasteiger charge is 2.05. The molecule has 2 nitrogen and oxygen atoms in total. The van der Waals surface area contributed by atoms with Crippen molar-refractivity contribution < 1.29 is 0 Å². The molecule has 0 saturated heterocycles. The Morgan fingerprint density at radius 3 is 2.46 bits per heavy atom. The van der Waals surface area contributed by atoms with E-state index in [9.17, 15) is 0 Å². The Balaban J connectivity index is 3.19. The maximum Gasteiger partial charge on any atom is 0.133 e. The minimum Gasteiger partial charge on any atom is -0.192 e. The zero-order valence-corrected chi connectivity index (χ0v) is 9.24. The summed E-state index contributed by atoms with van der Waals surface area (Å²) in [5.41, 5.74) is 0.912. The topological polar surface area (TPSA) is 47.6 Å². The van der Waals surface area contributed by atoms with Gasteiger partial charge < -0.3 is 0 Å². The molecule has 0 radical (unpaired) electrons. The van der Waals surface area contributed by atoms with Gasteiger partial charge in [0.15, 0.2) is 0 Å². The second kappa shape index (κ2) is 4.23. The standard InChI is InChI=1S/C9H5BrN2S/c1-6(7(3-11)4-12)9-2-8(10)5-13-9/h2,5H,1H3. The van der Waals surface area contributed by atoms with E-state index >= 15 is 0 Å². The largest absolute Gasteiger partial charge is 0.192 e. The Hall–Kier alpha value is -1.10. The second-order valence-corrected chi connectivity index (χ2v) is 4.18. The molecule has 0 atom stereocenters. The fourth-order valence-corrected chi connectivity index (χ4v) is 2.27. The lowest BCUT2D eigenvalue weighted by Crippen LogP contribution is -1.79. The van der Waals surface area contributed by atoms with Gasteiger partial charge in [-0.3, -0.25) is 0 Å². The second-order valence-electron chi connectivity index (χ2n) is 2.35. The molecule has 0 fully saturated rings. The summed E-state index contributed by atoms with van der Waals surface area (Å²) in [6.45, 7) is 1.78. The minimum atomic E-state index is 0.175. The molecule has 4 heteroatoms. The van der Waals surface area contributed by atoms with Gasteiger partial charge in [-0.1, -0.05) is 0 Å². The molecular formula is C9H5BrN2S. The maximum absolute atomic E-state index is 8.63. The van der Waals surface area contributed by atoms with E-state index in [-0.39, 0.29) is 5.57 Å². The summed E-state index contributed by atoms with van der Waals surface area (Å²) < 4.78 is 0.974. The van der Waals surface area contributed by atoms with E-state index in [1.165, 1.54) is 11.3 Å². The lowest BCUT2D eigenvalue weighted by atomic mass is 10.1. The van der Waals surface area contributed by atoms with E-state index in [0.717, 1.165) is 14.9 Å². The van der Waals surface area contributed by atoms with Gasteiger partial charge in [-0.05, 0) is 34.5 Å². The molecule has 1 aromatic heterocycles. The van der Waals surface area contributed by atoms with Gasteiger partial charge in [0.1, 0.15) is 17.7 Å². The SMILES string of the molecule is CC(=C(C#N)C#N)c1cc(Br)cs1. The first-order valence-corrected chi connectivity index (χ1v) is 5.11. The summed E-state index contributed by atoms with van der Waals surface area (Å²) in [6.07, 6.45) is 0. The van der Waals surface area contributed by atoms with Crippen molar-refractivity contribution in [3.8, 4) is 12.1 Å². The van der Waals surface area contributed by atoms with E-state index in [1.807, 2.05) is 23.6 Å². The van der Waals surface area contributed by atoms with Crippen LogP contribution in [0.2, 0.25) is 0 Å². The molecular weight excluding hydrogens is 248 g/mol. The van der Waals surface area contributed by atoms with Crippen molar-refractivity contribution in [1.29, 1.82) is 10.5 Å². The van der Waals surface area contributed by atoms with E-state index in [1.54, 1.807) is 6.92 Å². The van der Waals surface area contributed by atoms with Crippen LogP contribution in [0, 0.1) is 22.7 Å². The Morgan fingerprint density at radius 2 is 2.08 bits per heavy atom. The number of hydrogen-bond donors (Lipinski definition) is 0. The number of nitriles is 2. The van der Waals surface area contributed by atoms with Gasteiger partial charge in [-0.2, -0.15) is 10.5 Å².